The van der Waals surface area contributed by atoms with Crippen LogP contribution in [0.3, 0.4) is 0 Å². The number of carbonyl (C=O) groups is 1. The van der Waals surface area contributed by atoms with Gasteiger partial charge in [-0.1, -0.05) is 0 Å². The number of nitrogens with zero attached hydrogens (tertiary/aromatic N) is 3. The Labute approximate surface area is 202 Å². The Morgan fingerprint density at radius 3 is 2.74 bits per heavy atom. The summed E-state index contributed by atoms with van der Waals surface area (Å²) in [6.45, 7) is 6.19. The van der Waals surface area contributed by atoms with E-state index in [0.717, 1.165) is 37.8 Å². The third-order valence-electron chi connectivity index (χ3n) is 7.49. The number of hydrogen-bond donors (Lipinski definition) is 1. The first kappa shape index (κ1) is 22.3. The van der Waals surface area contributed by atoms with Crippen molar-refractivity contribution in [3.05, 3.63) is 58.2 Å². The quantitative estimate of drug-likeness (QED) is 0.571. The Bertz CT molecular complexity index is 1400. The number of carbonyl (C=O) groups excluding carboxylic acids is 1. The van der Waals surface area contributed by atoms with E-state index in [1.807, 2.05) is 0 Å². The van der Waals surface area contributed by atoms with Crippen molar-refractivity contribution in [2.45, 2.75) is 76.0 Å². The molecule has 3 aromatic heterocycles. The van der Waals surface area contributed by atoms with Crippen molar-refractivity contribution in [1.29, 1.82) is 0 Å². The van der Waals surface area contributed by atoms with Crippen molar-refractivity contribution in [3.8, 4) is 5.75 Å². The molecule has 2 atom stereocenters. The average Bonchev–Trinajstić information content (AvgIpc) is 3.32. The molecule has 35 heavy (non-hydrogen) atoms. The number of aromatic nitrogens is 3. The van der Waals surface area contributed by atoms with Crippen LogP contribution in [0.15, 0.2) is 35.5 Å². The minimum absolute atomic E-state index is 0.00491. The molecule has 3 aromatic rings. The summed E-state index contributed by atoms with van der Waals surface area (Å²) < 4.78 is 30.7. The first-order chi connectivity index (χ1) is 16.7. The first-order valence-electron chi connectivity index (χ1n) is 12.2. The molecule has 3 fully saturated rings. The second-order valence-electron chi connectivity index (χ2n) is 10.7. The number of imidazole rings is 1. The van der Waals surface area contributed by atoms with Crippen LogP contribution in [0.4, 0.5) is 10.1 Å². The van der Waals surface area contributed by atoms with Crippen molar-refractivity contribution in [1.82, 2.24) is 14.0 Å². The standard InChI is InChI=1S/C26H29FN4O4/c1-15(2)35-21-17(23(32)28-18-5-4-10-31(24(18)33)16-6-7-16)11-30-12-19(29-22(30)20(21)27)26-9-8-25(3,13-26)34-14-26/h4-5,10-12,15-16H,6-9,13-14H2,1-3H3,(H,28,32)/t25-,26-/m1/s1. The summed E-state index contributed by atoms with van der Waals surface area (Å²) in [7, 11) is 0. The molecule has 0 aromatic carbocycles. The van der Waals surface area contributed by atoms with E-state index in [1.54, 1.807) is 47.3 Å². The highest BCUT2D eigenvalue weighted by Gasteiger charge is 2.55. The van der Waals surface area contributed by atoms with Crippen LogP contribution in [0.2, 0.25) is 0 Å². The molecule has 1 N–H and O–H groups in total. The maximum absolute atomic E-state index is 15.8. The maximum atomic E-state index is 15.8. The summed E-state index contributed by atoms with van der Waals surface area (Å²) in [5, 5.41) is 2.67. The molecule has 0 spiro atoms. The van der Waals surface area contributed by atoms with Crippen LogP contribution in [-0.2, 0) is 10.2 Å². The fourth-order valence-electron chi connectivity index (χ4n) is 5.52. The largest absolute Gasteiger partial charge is 0.487 e. The van der Waals surface area contributed by atoms with Gasteiger partial charge in [-0.3, -0.25) is 9.59 Å². The third-order valence-corrected chi connectivity index (χ3v) is 7.49. The second kappa shape index (κ2) is 7.65. The van der Waals surface area contributed by atoms with E-state index in [9.17, 15) is 9.59 Å². The molecule has 184 valence electrons. The van der Waals surface area contributed by atoms with Crippen molar-refractivity contribution in [2.24, 2.45) is 0 Å². The number of rotatable bonds is 6. The number of ether oxygens (including phenoxy) is 2. The Balaban J connectivity index is 1.41. The number of amides is 1. The minimum atomic E-state index is -0.697. The number of halogens is 1. The Hall–Kier alpha value is -3.20. The Kier molecular flexibility index (Phi) is 4.87. The maximum Gasteiger partial charge on any atom is 0.274 e. The normalized spacial score (nSPS) is 25.5. The highest BCUT2D eigenvalue weighted by Crippen LogP contribution is 2.53. The van der Waals surface area contributed by atoms with Crippen molar-refractivity contribution in [2.75, 3.05) is 11.9 Å². The smallest absolute Gasteiger partial charge is 0.274 e. The van der Waals surface area contributed by atoms with Gasteiger partial charge in [0.15, 0.2) is 11.4 Å². The molecule has 0 radical (unpaired) electrons. The van der Waals surface area contributed by atoms with E-state index in [-0.39, 0.29) is 51.4 Å². The van der Waals surface area contributed by atoms with Crippen LogP contribution in [-0.4, -0.2) is 38.2 Å². The van der Waals surface area contributed by atoms with Gasteiger partial charge < -0.3 is 23.8 Å². The van der Waals surface area contributed by atoms with Gasteiger partial charge in [-0.25, -0.2) is 4.98 Å². The number of anilines is 1. The zero-order chi connectivity index (χ0) is 24.5. The molecule has 8 nitrogen and oxygen atoms in total. The average molecular weight is 481 g/mol. The molecular weight excluding hydrogens is 451 g/mol. The predicted molar refractivity (Wildman–Crippen MR) is 128 cm³/mol. The molecule has 6 rings (SSSR count). The highest BCUT2D eigenvalue weighted by molar-refractivity contribution is 6.06. The van der Waals surface area contributed by atoms with Gasteiger partial charge in [0.05, 0.1) is 24.0 Å². The lowest BCUT2D eigenvalue weighted by atomic mass is 9.84. The van der Waals surface area contributed by atoms with Crippen LogP contribution >= 0.6 is 0 Å². The summed E-state index contributed by atoms with van der Waals surface area (Å²) in [5.74, 6) is -1.48. The van der Waals surface area contributed by atoms with E-state index < -0.39 is 11.7 Å². The van der Waals surface area contributed by atoms with E-state index in [4.69, 9.17) is 9.47 Å². The fourth-order valence-corrected chi connectivity index (χ4v) is 5.52. The van der Waals surface area contributed by atoms with E-state index >= 15 is 4.39 Å². The molecule has 0 unspecified atom stereocenters. The number of fused-ring (bicyclic) bond motifs is 3. The van der Waals surface area contributed by atoms with Crippen LogP contribution in [0.25, 0.3) is 5.65 Å². The van der Waals surface area contributed by atoms with Gasteiger partial charge in [0, 0.05) is 30.0 Å². The van der Waals surface area contributed by atoms with Gasteiger partial charge in [-0.05, 0) is 65.0 Å². The lowest BCUT2D eigenvalue weighted by Gasteiger charge is -2.24. The van der Waals surface area contributed by atoms with Crippen LogP contribution in [0, 0.1) is 5.82 Å². The molecule has 2 saturated carbocycles. The van der Waals surface area contributed by atoms with Gasteiger partial charge >= 0.3 is 0 Å². The summed E-state index contributed by atoms with van der Waals surface area (Å²) >= 11 is 0. The summed E-state index contributed by atoms with van der Waals surface area (Å²) in [6.07, 6.45) is 9.28. The lowest BCUT2D eigenvalue weighted by Crippen LogP contribution is -2.26. The van der Waals surface area contributed by atoms with Gasteiger partial charge in [-0.15, -0.1) is 0 Å². The molecule has 1 amide bonds. The fraction of sp³-hybridized carbons (Fsp3) is 0.500. The molecule has 1 saturated heterocycles. The van der Waals surface area contributed by atoms with Crippen LogP contribution in [0.5, 0.6) is 5.75 Å². The van der Waals surface area contributed by atoms with E-state index in [2.05, 4.69) is 17.2 Å². The van der Waals surface area contributed by atoms with E-state index in [1.165, 1.54) is 6.20 Å². The second-order valence-corrected chi connectivity index (χ2v) is 10.7. The minimum Gasteiger partial charge on any atom is -0.487 e. The summed E-state index contributed by atoms with van der Waals surface area (Å²) in [5.41, 5.74) is 0.357. The third kappa shape index (κ3) is 3.64. The van der Waals surface area contributed by atoms with Crippen molar-refractivity contribution < 1.29 is 18.7 Å². The van der Waals surface area contributed by atoms with Crippen LogP contribution < -0.4 is 15.6 Å². The van der Waals surface area contributed by atoms with Gasteiger partial charge in [0.25, 0.3) is 11.5 Å². The Morgan fingerprint density at radius 1 is 1.31 bits per heavy atom. The number of hydrogen-bond acceptors (Lipinski definition) is 5. The topological polar surface area (TPSA) is 86.9 Å². The molecular formula is C26H29FN4O4. The first-order valence-corrected chi connectivity index (χ1v) is 12.2. The molecule has 9 heteroatoms. The van der Waals surface area contributed by atoms with Crippen LogP contribution in [0.1, 0.15) is 75.0 Å². The number of pyridine rings is 2. The predicted octanol–water partition coefficient (Wildman–Crippen LogP) is 4.22. The zero-order valence-electron chi connectivity index (χ0n) is 20.1. The monoisotopic (exact) mass is 480 g/mol. The van der Waals surface area contributed by atoms with Crippen molar-refractivity contribution >= 4 is 17.2 Å². The molecule has 1 aliphatic heterocycles. The summed E-state index contributed by atoms with van der Waals surface area (Å²) in [4.78, 5) is 30.8. The van der Waals surface area contributed by atoms with Gasteiger partial charge in [0.1, 0.15) is 11.3 Å². The van der Waals surface area contributed by atoms with Gasteiger partial charge in [0.2, 0.25) is 5.82 Å². The van der Waals surface area contributed by atoms with Gasteiger partial charge in [-0.2, -0.15) is 4.39 Å². The summed E-state index contributed by atoms with van der Waals surface area (Å²) in [6, 6.07) is 3.46. The molecule has 4 heterocycles. The SMILES string of the molecule is CC(C)Oc1c(C(=O)Nc2cccn(C3CC3)c2=O)cn2cc([C@]34CC[C@](C)(C3)OC4)nc2c1F. The molecule has 2 aliphatic carbocycles. The Morgan fingerprint density at radius 2 is 2.11 bits per heavy atom. The lowest BCUT2D eigenvalue weighted by molar-refractivity contribution is -0.00627. The highest BCUT2D eigenvalue weighted by atomic mass is 19.1. The number of nitrogens with one attached hydrogen (secondary N) is 1. The molecule has 2 bridgehead atoms. The van der Waals surface area contributed by atoms with E-state index in [0.29, 0.717) is 6.61 Å². The zero-order valence-corrected chi connectivity index (χ0v) is 20.1. The van der Waals surface area contributed by atoms with Crippen molar-refractivity contribution in [3.63, 3.8) is 0 Å². The molecule has 3 aliphatic rings.